The van der Waals surface area contributed by atoms with E-state index in [2.05, 4.69) is 20.9 Å². The summed E-state index contributed by atoms with van der Waals surface area (Å²) in [5.74, 6) is 0. The van der Waals surface area contributed by atoms with Gasteiger partial charge in [0.25, 0.3) is 0 Å². The molecule has 2 atom stereocenters. The molecule has 1 aromatic rings. The number of rotatable bonds is 3. The molecule has 0 bridgehead atoms. The number of anilines is 1. The van der Waals surface area contributed by atoms with Crippen LogP contribution < -0.4 is 16.0 Å². The molecule has 0 aliphatic heterocycles. The van der Waals surface area contributed by atoms with Gasteiger partial charge in [0.1, 0.15) is 10.8 Å². The second kappa shape index (κ2) is 7.70. The molecular weight excluding hydrogens is 332 g/mol. The van der Waals surface area contributed by atoms with E-state index in [1.807, 2.05) is 20.8 Å². The van der Waals surface area contributed by atoms with Crippen LogP contribution in [0.5, 0.6) is 0 Å². The number of alkyl carbamates (subject to hydrolysis) is 1. The molecule has 1 fully saturated rings. The molecule has 0 radical (unpaired) electrons. The number of nitrogens with zero attached hydrogens (tertiary/aromatic N) is 1. The SMILES string of the molecule is CC(C)(C)OC(=O)N[C@H]1CC[C@@H](NC(=O)Nc2ccnc(Cl)c2)C1. The summed E-state index contributed by atoms with van der Waals surface area (Å²) in [6, 6.07) is 2.93. The maximum Gasteiger partial charge on any atom is 0.407 e. The number of carbonyl (C=O) groups is 2. The summed E-state index contributed by atoms with van der Waals surface area (Å²) in [7, 11) is 0. The number of amides is 3. The molecule has 1 aliphatic rings. The summed E-state index contributed by atoms with van der Waals surface area (Å²) in [6.45, 7) is 5.46. The molecule has 7 nitrogen and oxygen atoms in total. The summed E-state index contributed by atoms with van der Waals surface area (Å²) < 4.78 is 5.24. The molecule has 3 N–H and O–H groups in total. The molecule has 0 spiro atoms. The van der Waals surface area contributed by atoms with E-state index >= 15 is 0 Å². The Hall–Kier alpha value is -2.02. The smallest absolute Gasteiger partial charge is 0.407 e. The van der Waals surface area contributed by atoms with E-state index in [9.17, 15) is 9.59 Å². The predicted molar refractivity (Wildman–Crippen MR) is 92.2 cm³/mol. The van der Waals surface area contributed by atoms with Gasteiger partial charge >= 0.3 is 12.1 Å². The molecule has 3 amide bonds. The largest absolute Gasteiger partial charge is 0.444 e. The number of hydrogen-bond acceptors (Lipinski definition) is 4. The molecule has 0 saturated heterocycles. The zero-order chi connectivity index (χ0) is 17.7. The highest BCUT2D eigenvalue weighted by Crippen LogP contribution is 2.20. The molecular formula is C16H23ClN4O3. The lowest BCUT2D eigenvalue weighted by molar-refractivity contribution is 0.0505. The Kier molecular flexibility index (Phi) is 5.88. The minimum absolute atomic E-state index is 0.000481. The van der Waals surface area contributed by atoms with Gasteiger partial charge in [0, 0.05) is 24.0 Å². The Bertz CT molecular complexity index is 603. The molecule has 2 rings (SSSR count). The molecule has 1 aromatic heterocycles. The molecule has 0 unspecified atom stereocenters. The van der Waals surface area contributed by atoms with Crippen molar-refractivity contribution in [3.63, 3.8) is 0 Å². The number of aromatic nitrogens is 1. The van der Waals surface area contributed by atoms with Crippen molar-refractivity contribution in [2.75, 3.05) is 5.32 Å². The van der Waals surface area contributed by atoms with E-state index in [1.54, 1.807) is 12.1 Å². The van der Waals surface area contributed by atoms with Gasteiger partial charge < -0.3 is 20.7 Å². The summed E-state index contributed by atoms with van der Waals surface area (Å²) in [5, 5.41) is 8.75. The maximum atomic E-state index is 12.0. The lowest BCUT2D eigenvalue weighted by atomic mass is 10.2. The number of halogens is 1. The lowest BCUT2D eigenvalue weighted by Crippen LogP contribution is -2.40. The molecule has 0 aromatic carbocycles. The Morgan fingerprint density at radius 2 is 1.92 bits per heavy atom. The average Bonchev–Trinajstić information content (AvgIpc) is 2.83. The second-order valence-corrected chi connectivity index (χ2v) is 7.21. The highest BCUT2D eigenvalue weighted by molar-refractivity contribution is 6.29. The number of hydrogen-bond donors (Lipinski definition) is 3. The molecule has 132 valence electrons. The van der Waals surface area contributed by atoms with E-state index in [-0.39, 0.29) is 18.1 Å². The normalized spacial score (nSPS) is 20.3. The fourth-order valence-corrected chi connectivity index (χ4v) is 2.72. The zero-order valence-electron chi connectivity index (χ0n) is 14.1. The van der Waals surface area contributed by atoms with Crippen molar-refractivity contribution in [1.29, 1.82) is 0 Å². The third-order valence-electron chi connectivity index (χ3n) is 3.47. The summed E-state index contributed by atoms with van der Waals surface area (Å²) in [4.78, 5) is 27.6. The van der Waals surface area contributed by atoms with Gasteiger partial charge in [-0.05, 0) is 52.2 Å². The maximum absolute atomic E-state index is 12.0. The van der Waals surface area contributed by atoms with E-state index in [0.29, 0.717) is 17.3 Å². The Labute approximate surface area is 146 Å². The fourth-order valence-electron chi connectivity index (χ4n) is 2.55. The van der Waals surface area contributed by atoms with Gasteiger partial charge in [-0.2, -0.15) is 0 Å². The van der Waals surface area contributed by atoms with Crippen molar-refractivity contribution in [2.45, 2.75) is 57.7 Å². The van der Waals surface area contributed by atoms with Crippen molar-refractivity contribution in [1.82, 2.24) is 15.6 Å². The average molecular weight is 355 g/mol. The third kappa shape index (κ3) is 6.23. The summed E-state index contributed by atoms with van der Waals surface area (Å²) in [5.41, 5.74) is 0.0559. The predicted octanol–water partition coefficient (Wildman–Crippen LogP) is 3.30. The van der Waals surface area contributed by atoms with Gasteiger partial charge in [-0.15, -0.1) is 0 Å². The van der Waals surface area contributed by atoms with Crippen LogP contribution in [-0.2, 0) is 4.74 Å². The van der Waals surface area contributed by atoms with Crippen LogP contribution in [0.2, 0.25) is 5.15 Å². The first-order valence-corrected chi connectivity index (χ1v) is 8.27. The highest BCUT2D eigenvalue weighted by atomic mass is 35.5. The molecule has 1 heterocycles. The van der Waals surface area contributed by atoms with Crippen molar-refractivity contribution in [2.24, 2.45) is 0 Å². The van der Waals surface area contributed by atoms with Crippen molar-refractivity contribution < 1.29 is 14.3 Å². The standard InChI is InChI=1S/C16H23ClN4O3/c1-16(2,3)24-15(23)21-11-5-4-10(8-11)19-14(22)20-12-6-7-18-13(17)9-12/h6-7,9-11H,4-5,8H2,1-3H3,(H,21,23)(H2,18,19,20,22)/t10-,11+/m1/s1. The number of pyridine rings is 1. The fraction of sp³-hybridized carbons (Fsp3) is 0.562. The number of urea groups is 1. The first-order chi connectivity index (χ1) is 11.2. The van der Waals surface area contributed by atoms with Gasteiger partial charge in [-0.1, -0.05) is 11.6 Å². The minimum Gasteiger partial charge on any atom is -0.444 e. The van der Waals surface area contributed by atoms with E-state index in [0.717, 1.165) is 12.8 Å². The number of carbonyl (C=O) groups excluding carboxylic acids is 2. The molecule has 8 heteroatoms. The van der Waals surface area contributed by atoms with Gasteiger partial charge in [0.2, 0.25) is 0 Å². The first kappa shape index (κ1) is 18.3. The van der Waals surface area contributed by atoms with Crippen LogP contribution in [-0.4, -0.2) is 34.8 Å². The number of ether oxygens (including phenoxy) is 1. The van der Waals surface area contributed by atoms with Crippen molar-refractivity contribution in [3.05, 3.63) is 23.5 Å². The van der Waals surface area contributed by atoms with Crippen LogP contribution in [0.3, 0.4) is 0 Å². The van der Waals surface area contributed by atoms with E-state index in [1.165, 1.54) is 6.20 Å². The van der Waals surface area contributed by atoms with Crippen molar-refractivity contribution in [3.8, 4) is 0 Å². The van der Waals surface area contributed by atoms with Crippen LogP contribution >= 0.6 is 11.6 Å². The first-order valence-electron chi connectivity index (χ1n) is 7.90. The Morgan fingerprint density at radius 3 is 2.54 bits per heavy atom. The Morgan fingerprint density at radius 1 is 1.25 bits per heavy atom. The van der Waals surface area contributed by atoms with Gasteiger partial charge in [0.15, 0.2) is 0 Å². The quantitative estimate of drug-likeness (QED) is 0.726. The van der Waals surface area contributed by atoms with Crippen LogP contribution in [0.15, 0.2) is 18.3 Å². The van der Waals surface area contributed by atoms with Gasteiger partial charge in [-0.25, -0.2) is 14.6 Å². The summed E-state index contributed by atoms with van der Waals surface area (Å²) in [6.07, 6.45) is 3.36. The highest BCUT2D eigenvalue weighted by Gasteiger charge is 2.28. The van der Waals surface area contributed by atoms with E-state index < -0.39 is 11.7 Å². The number of nitrogens with one attached hydrogen (secondary N) is 3. The van der Waals surface area contributed by atoms with Gasteiger partial charge in [-0.3, -0.25) is 0 Å². The van der Waals surface area contributed by atoms with Crippen molar-refractivity contribution >= 4 is 29.4 Å². The van der Waals surface area contributed by atoms with Crippen LogP contribution in [0.1, 0.15) is 40.0 Å². The molecule has 1 saturated carbocycles. The monoisotopic (exact) mass is 354 g/mol. The molecule has 1 aliphatic carbocycles. The van der Waals surface area contributed by atoms with Crippen LogP contribution in [0.4, 0.5) is 15.3 Å². The van der Waals surface area contributed by atoms with Gasteiger partial charge in [0.05, 0.1) is 0 Å². The van der Waals surface area contributed by atoms with Crippen LogP contribution in [0, 0.1) is 0 Å². The van der Waals surface area contributed by atoms with E-state index in [4.69, 9.17) is 16.3 Å². The minimum atomic E-state index is -0.522. The third-order valence-corrected chi connectivity index (χ3v) is 3.68. The summed E-state index contributed by atoms with van der Waals surface area (Å²) >= 11 is 5.78. The van der Waals surface area contributed by atoms with Crippen LogP contribution in [0.25, 0.3) is 0 Å². The topological polar surface area (TPSA) is 92.4 Å². The molecule has 24 heavy (non-hydrogen) atoms. The lowest BCUT2D eigenvalue weighted by Gasteiger charge is -2.21. The Balaban J connectivity index is 1.75. The second-order valence-electron chi connectivity index (χ2n) is 6.82. The zero-order valence-corrected chi connectivity index (χ0v) is 14.8.